The van der Waals surface area contributed by atoms with Crippen LogP contribution < -0.4 is 0 Å². The third-order valence-corrected chi connectivity index (χ3v) is 8.78. The lowest BCUT2D eigenvalue weighted by Crippen LogP contribution is -2.12. The molecular formula is C35H22. The zero-order valence-corrected chi connectivity index (χ0v) is 19.3. The van der Waals surface area contributed by atoms with Gasteiger partial charge in [-0.3, -0.25) is 0 Å². The topological polar surface area (TPSA) is 0 Å². The van der Waals surface area contributed by atoms with Crippen molar-refractivity contribution < 1.29 is 0 Å². The van der Waals surface area contributed by atoms with Crippen molar-refractivity contribution in [1.29, 1.82) is 0 Å². The Balaban J connectivity index is 1.37. The lowest BCUT2D eigenvalue weighted by Gasteiger charge is -2.31. The molecule has 9 rings (SSSR count). The van der Waals surface area contributed by atoms with Crippen LogP contribution in [-0.2, 0) is 12.8 Å². The fourth-order valence-electron chi connectivity index (χ4n) is 7.31. The lowest BCUT2D eigenvalue weighted by molar-refractivity contribution is 1.02. The zero-order chi connectivity index (χ0) is 22.7. The molecule has 0 heterocycles. The Labute approximate surface area is 205 Å². The van der Waals surface area contributed by atoms with Crippen molar-refractivity contribution in [2.24, 2.45) is 0 Å². The summed E-state index contributed by atoms with van der Waals surface area (Å²) >= 11 is 0. The molecule has 0 saturated heterocycles. The third-order valence-electron chi connectivity index (χ3n) is 8.78. The van der Waals surface area contributed by atoms with Crippen LogP contribution in [-0.4, -0.2) is 0 Å². The van der Waals surface area contributed by atoms with Gasteiger partial charge in [0.05, 0.1) is 0 Å². The van der Waals surface area contributed by atoms with Gasteiger partial charge in [-0.2, -0.15) is 0 Å². The smallest absolute Gasteiger partial charge is 0.0361 e. The molecule has 0 saturated carbocycles. The van der Waals surface area contributed by atoms with Gasteiger partial charge in [0.25, 0.3) is 0 Å². The minimum absolute atomic E-state index is 0.313. The average molecular weight is 443 g/mol. The van der Waals surface area contributed by atoms with E-state index in [9.17, 15) is 0 Å². The quantitative estimate of drug-likeness (QED) is 0.221. The van der Waals surface area contributed by atoms with Gasteiger partial charge in [0, 0.05) is 5.92 Å². The molecule has 0 spiro atoms. The molecule has 0 amide bonds. The van der Waals surface area contributed by atoms with Crippen molar-refractivity contribution >= 4 is 11.6 Å². The van der Waals surface area contributed by atoms with E-state index in [4.69, 9.17) is 0 Å². The summed E-state index contributed by atoms with van der Waals surface area (Å²) < 4.78 is 0. The van der Waals surface area contributed by atoms with Crippen molar-refractivity contribution in [2.45, 2.75) is 18.8 Å². The standard InChI is InChI=1S/C35H22/c1-5-11-25-20(7-1)15-23-18-30-28-14-13-27-24-10-4-2-8-21(24)16-32(27)35(28)34-26-12-6-3-9-22(26)17-33(34)31(30)19-29(23)25/h1-14,17-19,34H,15-16H2. The molecule has 1 unspecified atom stereocenters. The van der Waals surface area contributed by atoms with E-state index in [1.807, 2.05) is 0 Å². The summed E-state index contributed by atoms with van der Waals surface area (Å²) in [6.45, 7) is 0. The Morgan fingerprint density at radius 3 is 2.09 bits per heavy atom. The van der Waals surface area contributed by atoms with Crippen molar-refractivity contribution in [3.8, 4) is 33.4 Å². The largest absolute Gasteiger partial charge is 0.0619 e. The number of fused-ring (bicyclic) bond motifs is 15. The highest BCUT2D eigenvalue weighted by Gasteiger charge is 2.39. The maximum atomic E-state index is 2.51. The van der Waals surface area contributed by atoms with E-state index in [0.717, 1.165) is 12.8 Å². The molecule has 4 aliphatic carbocycles. The van der Waals surface area contributed by atoms with Gasteiger partial charge >= 0.3 is 0 Å². The number of allylic oxidation sites excluding steroid dienone is 1. The second kappa shape index (κ2) is 6.29. The highest BCUT2D eigenvalue weighted by molar-refractivity contribution is 6.05. The summed E-state index contributed by atoms with van der Waals surface area (Å²) in [5.74, 6) is 0.313. The fourth-order valence-corrected chi connectivity index (χ4v) is 7.31. The van der Waals surface area contributed by atoms with Crippen LogP contribution in [0.4, 0.5) is 0 Å². The summed E-state index contributed by atoms with van der Waals surface area (Å²) in [4.78, 5) is 0. The van der Waals surface area contributed by atoms with E-state index < -0.39 is 0 Å². The molecule has 35 heavy (non-hydrogen) atoms. The minimum atomic E-state index is 0.313. The van der Waals surface area contributed by atoms with Crippen LogP contribution in [0, 0.1) is 0 Å². The van der Waals surface area contributed by atoms with E-state index in [-0.39, 0.29) is 0 Å². The van der Waals surface area contributed by atoms with E-state index >= 15 is 0 Å². The van der Waals surface area contributed by atoms with Crippen molar-refractivity contribution in [2.75, 3.05) is 0 Å². The molecule has 5 aromatic rings. The number of hydrogen-bond donors (Lipinski definition) is 0. The SMILES string of the molecule is C1=C2c3cc4c(cc3-c3ccc5c(c3C2c2ccccc21)Cc1ccccc1-5)Cc1ccccc1-4. The van der Waals surface area contributed by atoms with Crippen LogP contribution in [0.15, 0.2) is 97.1 Å². The normalized spacial score (nSPS) is 16.8. The van der Waals surface area contributed by atoms with Gasteiger partial charge in [-0.05, 0) is 115 Å². The summed E-state index contributed by atoms with van der Waals surface area (Å²) in [5, 5.41) is 0. The molecule has 0 radical (unpaired) electrons. The Kier molecular flexibility index (Phi) is 3.27. The highest BCUT2D eigenvalue weighted by atomic mass is 14.4. The molecule has 0 nitrogen and oxygen atoms in total. The van der Waals surface area contributed by atoms with E-state index in [1.165, 1.54) is 83.5 Å². The van der Waals surface area contributed by atoms with Crippen LogP contribution in [0.25, 0.3) is 45.0 Å². The lowest BCUT2D eigenvalue weighted by atomic mass is 9.71. The predicted molar refractivity (Wildman–Crippen MR) is 145 cm³/mol. The zero-order valence-electron chi connectivity index (χ0n) is 19.3. The molecule has 4 aliphatic rings. The van der Waals surface area contributed by atoms with Gasteiger partial charge in [0.2, 0.25) is 0 Å². The van der Waals surface area contributed by atoms with Crippen LogP contribution in [0.3, 0.4) is 0 Å². The predicted octanol–water partition coefficient (Wildman–Crippen LogP) is 8.50. The molecule has 162 valence electrons. The van der Waals surface area contributed by atoms with Gasteiger partial charge in [-0.25, -0.2) is 0 Å². The summed E-state index contributed by atoms with van der Waals surface area (Å²) in [5.41, 5.74) is 21.7. The van der Waals surface area contributed by atoms with E-state index in [2.05, 4.69) is 103 Å². The van der Waals surface area contributed by atoms with E-state index in [0.29, 0.717) is 5.92 Å². The molecule has 0 aliphatic heterocycles. The summed E-state index contributed by atoms with van der Waals surface area (Å²) in [7, 11) is 0. The first-order valence-corrected chi connectivity index (χ1v) is 12.7. The Bertz CT molecular complexity index is 1800. The molecule has 0 fully saturated rings. The second-order valence-corrected chi connectivity index (χ2v) is 10.4. The molecular weight excluding hydrogens is 420 g/mol. The Morgan fingerprint density at radius 1 is 0.486 bits per heavy atom. The molecule has 5 aromatic carbocycles. The fraction of sp³-hybridized carbons (Fsp3) is 0.0857. The van der Waals surface area contributed by atoms with E-state index in [1.54, 1.807) is 0 Å². The summed E-state index contributed by atoms with van der Waals surface area (Å²) in [6, 6.07) is 36.8. The molecule has 1 atom stereocenters. The number of benzene rings is 5. The Morgan fingerprint density at radius 2 is 1.20 bits per heavy atom. The van der Waals surface area contributed by atoms with Crippen molar-refractivity contribution in [3.05, 3.63) is 142 Å². The van der Waals surface area contributed by atoms with Gasteiger partial charge in [-0.15, -0.1) is 0 Å². The number of hydrogen-bond acceptors (Lipinski definition) is 0. The van der Waals surface area contributed by atoms with Crippen LogP contribution in [0.5, 0.6) is 0 Å². The maximum absolute atomic E-state index is 2.51. The van der Waals surface area contributed by atoms with Gasteiger partial charge in [0.15, 0.2) is 0 Å². The van der Waals surface area contributed by atoms with Gasteiger partial charge in [0.1, 0.15) is 0 Å². The van der Waals surface area contributed by atoms with Crippen molar-refractivity contribution in [3.63, 3.8) is 0 Å². The van der Waals surface area contributed by atoms with Gasteiger partial charge in [-0.1, -0.05) is 84.9 Å². The monoisotopic (exact) mass is 442 g/mol. The molecule has 0 N–H and O–H groups in total. The van der Waals surface area contributed by atoms with Crippen molar-refractivity contribution in [1.82, 2.24) is 0 Å². The molecule has 0 aromatic heterocycles. The molecule has 0 heteroatoms. The molecule has 0 bridgehead atoms. The summed E-state index contributed by atoms with van der Waals surface area (Å²) in [6.07, 6.45) is 4.54. The van der Waals surface area contributed by atoms with Gasteiger partial charge < -0.3 is 0 Å². The maximum Gasteiger partial charge on any atom is 0.0361 e. The third kappa shape index (κ3) is 2.23. The second-order valence-electron chi connectivity index (χ2n) is 10.4. The van der Waals surface area contributed by atoms with Crippen LogP contribution in [0.2, 0.25) is 0 Å². The van der Waals surface area contributed by atoms with Crippen LogP contribution in [0.1, 0.15) is 50.4 Å². The Hall–Kier alpha value is -4.16. The highest BCUT2D eigenvalue weighted by Crippen LogP contribution is 2.58. The first-order chi connectivity index (χ1) is 17.3. The first-order valence-electron chi connectivity index (χ1n) is 12.7. The van der Waals surface area contributed by atoms with Crippen LogP contribution >= 0.6 is 0 Å². The first kappa shape index (κ1) is 18.2. The average Bonchev–Trinajstić information content (AvgIpc) is 3.58. The minimum Gasteiger partial charge on any atom is -0.0619 e. The number of rotatable bonds is 0.